The summed E-state index contributed by atoms with van der Waals surface area (Å²) in [6.07, 6.45) is 11.2. The molecule has 0 radical (unpaired) electrons. The molecule has 0 bridgehead atoms. The van der Waals surface area contributed by atoms with Gasteiger partial charge in [0.15, 0.2) is 4.90 Å². The van der Waals surface area contributed by atoms with E-state index in [-0.39, 0.29) is 0 Å². The van der Waals surface area contributed by atoms with E-state index in [9.17, 15) is 4.55 Å². The van der Waals surface area contributed by atoms with E-state index in [1.807, 2.05) is 53.1 Å². The fraction of sp³-hybridized carbons (Fsp3) is 0.174. The standard InChI is InChI=1S/C23H20N4OS/c28-29(27-11-1-2-12-27)20-13-19(15-25-16-20)18-3-4-23-22(14-18)21(7-10-26-23)17-5-8-24-9-6-17/h3-10,13-16H,1-2,11-12H2. The van der Waals surface area contributed by atoms with Crippen LogP contribution in [0, 0.1) is 0 Å². The third-order valence-electron chi connectivity index (χ3n) is 5.28. The number of nitrogens with zero attached hydrogens (tertiary/aromatic N) is 4. The topological polar surface area (TPSA) is 65.0 Å². The first kappa shape index (κ1) is 18.2. The molecule has 1 fully saturated rings. The molecule has 1 unspecified atom stereocenters. The second-order valence-corrected chi connectivity index (χ2v) is 8.61. The predicted molar refractivity (Wildman–Crippen MR) is 115 cm³/mol. The van der Waals surface area contributed by atoms with Crippen LogP contribution >= 0.6 is 0 Å². The van der Waals surface area contributed by atoms with Gasteiger partial charge in [-0.3, -0.25) is 15.0 Å². The lowest BCUT2D eigenvalue weighted by atomic mass is 9.98. The quantitative estimate of drug-likeness (QED) is 0.473. The van der Waals surface area contributed by atoms with Gasteiger partial charge in [-0.25, -0.2) is 0 Å². The summed E-state index contributed by atoms with van der Waals surface area (Å²) in [6, 6.07) is 14.2. The van der Waals surface area contributed by atoms with Gasteiger partial charge < -0.3 is 4.55 Å². The molecule has 6 heteroatoms. The second-order valence-electron chi connectivity index (χ2n) is 7.12. The van der Waals surface area contributed by atoms with E-state index in [2.05, 4.69) is 21.0 Å². The van der Waals surface area contributed by atoms with Gasteiger partial charge in [-0.15, -0.1) is 4.31 Å². The van der Waals surface area contributed by atoms with Gasteiger partial charge in [0.2, 0.25) is 0 Å². The Morgan fingerprint density at radius 2 is 1.62 bits per heavy atom. The maximum Gasteiger partial charge on any atom is 0.192 e. The van der Waals surface area contributed by atoms with Crippen molar-refractivity contribution in [2.75, 3.05) is 13.1 Å². The van der Waals surface area contributed by atoms with Crippen molar-refractivity contribution in [1.29, 1.82) is 0 Å². The van der Waals surface area contributed by atoms with Gasteiger partial charge in [0.05, 0.1) is 23.1 Å². The average molecular weight is 401 g/mol. The normalized spacial score (nSPS) is 15.6. The van der Waals surface area contributed by atoms with E-state index in [0.29, 0.717) is 0 Å². The van der Waals surface area contributed by atoms with Crippen molar-refractivity contribution in [2.45, 2.75) is 17.7 Å². The van der Waals surface area contributed by atoms with E-state index < -0.39 is 11.4 Å². The van der Waals surface area contributed by atoms with Crippen LogP contribution in [0.2, 0.25) is 0 Å². The summed E-state index contributed by atoms with van der Waals surface area (Å²) >= 11 is -1.15. The third kappa shape index (κ3) is 3.62. The SMILES string of the molecule is [O-][S+](c1cncc(-c2ccc3nccc(-c4ccncc4)c3c2)c1)N1CCCC1. The molecule has 29 heavy (non-hydrogen) atoms. The first-order valence-corrected chi connectivity index (χ1v) is 10.8. The molecule has 5 rings (SSSR count). The van der Waals surface area contributed by atoms with Crippen molar-refractivity contribution < 1.29 is 4.55 Å². The number of fused-ring (bicyclic) bond motifs is 1. The highest BCUT2D eigenvalue weighted by atomic mass is 32.2. The molecule has 4 aromatic rings. The van der Waals surface area contributed by atoms with Crippen LogP contribution in [-0.4, -0.2) is 36.9 Å². The molecule has 3 aromatic heterocycles. The molecule has 0 saturated carbocycles. The predicted octanol–water partition coefficient (Wildman–Crippen LogP) is 4.48. The van der Waals surface area contributed by atoms with Crippen LogP contribution in [-0.2, 0) is 11.4 Å². The Kier molecular flexibility index (Phi) is 4.97. The van der Waals surface area contributed by atoms with Gasteiger partial charge in [0.1, 0.15) is 0 Å². The van der Waals surface area contributed by atoms with E-state index in [1.165, 1.54) is 0 Å². The van der Waals surface area contributed by atoms with Crippen LogP contribution < -0.4 is 0 Å². The van der Waals surface area contributed by atoms with Crippen molar-refractivity contribution in [2.24, 2.45) is 0 Å². The molecular formula is C23H20N4OS. The van der Waals surface area contributed by atoms with Crippen molar-refractivity contribution in [3.8, 4) is 22.3 Å². The minimum atomic E-state index is -1.15. The van der Waals surface area contributed by atoms with Crippen LogP contribution in [0.15, 0.2) is 78.3 Å². The highest BCUT2D eigenvalue weighted by Gasteiger charge is 2.26. The average Bonchev–Trinajstić information content (AvgIpc) is 3.33. The van der Waals surface area contributed by atoms with Crippen molar-refractivity contribution in [3.05, 3.63) is 73.4 Å². The Labute approximate surface area is 172 Å². The fourth-order valence-electron chi connectivity index (χ4n) is 3.78. The minimum absolute atomic E-state index is 0.755. The van der Waals surface area contributed by atoms with Gasteiger partial charge in [-0.1, -0.05) is 6.07 Å². The molecule has 1 atom stereocenters. The lowest BCUT2D eigenvalue weighted by Gasteiger charge is -2.18. The van der Waals surface area contributed by atoms with Crippen molar-refractivity contribution in [3.63, 3.8) is 0 Å². The summed E-state index contributed by atoms with van der Waals surface area (Å²) in [7, 11) is 0. The lowest BCUT2D eigenvalue weighted by Crippen LogP contribution is -2.27. The van der Waals surface area contributed by atoms with Crippen LogP contribution in [0.25, 0.3) is 33.2 Å². The Morgan fingerprint density at radius 3 is 2.45 bits per heavy atom. The molecule has 1 aliphatic rings. The van der Waals surface area contributed by atoms with Crippen LogP contribution in [0.5, 0.6) is 0 Å². The van der Waals surface area contributed by atoms with Gasteiger partial charge in [-0.05, 0) is 59.9 Å². The fourth-order valence-corrected chi connectivity index (χ4v) is 5.05. The number of benzene rings is 1. The molecule has 1 aromatic carbocycles. The van der Waals surface area contributed by atoms with Crippen LogP contribution in [0.4, 0.5) is 0 Å². The molecule has 5 nitrogen and oxygen atoms in total. The number of pyridine rings is 3. The maximum absolute atomic E-state index is 12.9. The Hall–Kier alpha value is -2.80. The van der Waals surface area contributed by atoms with E-state index in [1.54, 1.807) is 18.6 Å². The van der Waals surface area contributed by atoms with E-state index in [0.717, 1.165) is 64.0 Å². The smallest absolute Gasteiger partial charge is 0.192 e. The minimum Gasteiger partial charge on any atom is -0.593 e. The van der Waals surface area contributed by atoms with Gasteiger partial charge >= 0.3 is 0 Å². The molecule has 1 saturated heterocycles. The summed E-state index contributed by atoms with van der Waals surface area (Å²) in [5, 5.41) is 1.07. The van der Waals surface area contributed by atoms with E-state index in [4.69, 9.17) is 0 Å². The number of hydrogen-bond acceptors (Lipinski definition) is 5. The maximum atomic E-state index is 12.9. The lowest BCUT2D eigenvalue weighted by molar-refractivity contribution is 0.476. The molecule has 0 aliphatic carbocycles. The van der Waals surface area contributed by atoms with Crippen LogP contribution in [0.3, 0.4) is 0 Å². The first-order valence-electron chi connectivity index (χ1n) is 9.71. The first-order chi connectivity index (χ1) is 14.3. The molecule has 0 N–H and O–H groups in total. The summed E-state index contributed by atoms with van der Waals surface area (Å²) in [4.78, 5) is 13.8. The summed E-state index contributed by atoms with van der Waals surface area (Å²) in [5.41, 5.74) is 5.15. The summed E-state index contributed by atoms with van der Waals surface area (Å²) in [5.74, 6) is 0. The second kappa shape index (κ2) is 7.91. The zero-order chi connectivity index (χ0) is 19.6. The highest BCUT2D eigenvalue weighted by molar-refractivity contribution is 7.89. The largest absolute Gasteiger partial charge is 0.593 e. The Morgan fingerprint density at radius 1 is 0.793 bits per heavy atom. The molecule has 4 heterocycles. The van der Waals surface area contributed by atoms with Crippen molar-refractivity contribution in [1.82, 2.24) is 19.3 Å². The number of hydrogen-bond donors (Lipinski definition) is 0. The van der Waals surface area contributed by atoms with Crippen molar-refractivity contribution >= 4 is 22.3 Å². The van der Waals surface area contributed by atoms with Gasteiger partial charge in [0.25, 0.3) is 0 Å². The Balaban J connectivity index is 1.56. The van der Waals surface area contributed by atoms with Crippen LogP contribution in [0.1, 0.15) is 12.8 Å². The molecule has 0 spiro atoms. The summed E-state index contributed by atoms with van der Waals surface area (Å²) in [6.45, 7) is 1.77. The molecule has 144 valence electrons. The van der Waals surface area contributed by atoms with Gasteiger partial charge in [0, 0.05) is 54.9 Å². The third-order valence-corrected chi connectivity index (χ3v) is 6.74. The monoisotopic (exact) mass is 400 g/mol. The van der Waals surface area contributed by atoms with E-state index >= 15 is 0 Å². The zero-order valence-corrected chi connectivity index (χ0v) is 16.7. The Bertz CT molecular complexity index is 1150. The zero-order valence-electron chi connectivity index (χ0n) is 15.9. The number of aromatic nitrogens is 3. The molecule has 0 amide bonds. The summed E-state index contributed by atoms with van der Waals surface area (Å²) < 4.78 is 14.9. The molecule has 1 aliphatic heterocycles. The highest BCUT2D eigenvalue weighted by Crippen LogP contribution is 2.32. The van der Waals surface area contributed by atoms with Gasteiger partial charge in [-0.2, -0.15) is 0 Å². The molecular weight excluding hydrogens is 380 g/mol. The number of rotatable bonds is 4.